The molecule has 0 saturated heterocycles. The van der Waals surface area contributed by atoms with E-state index in [0.717, 1.165) is 32.2 Å². The average Bonchev–Trinajstić information content (AvgIpc) is 3.23. The fraction of sp³-hybridized carbons (Fsp3) is 0.406. The van der Waals surface area contributed by atoms with Crippen molar-refractivity contribution in [3.63, 3.8) is 0 Å². The molecule has 0 amide bonds. The van der Waals surface area contributed by atoms with Crippen LogP contribution in [0.25, 0.3) is 0 Å². The Balaban J connectivity index is 1.69. The SMILES string of the molecule is CCOc1ccc(S(OS(=O)(=O)CC23CCC(CC2=O)C3(C)C)(c2ccc(C)cc2)c2ccc(C)cc2)cc1. The fourth-order valence-electron chi connectivity index (χ4n) is 6.47. The van der Waals surface area contributed by atoms with Crippen LogP contribution >= 0.6 is 10.3 Å². The van der Waals surface area contributed by atoms with Crippen molar-refractivity contribution in [1.29, 1.82) is 0 Å². The van der Waals surface area contributed by atoms with Gasteiger partial charge in [-0.2, -0.15) is 8.42 Å². The molecule has 0 aromatic heterocycles. The van der Waals surface area contributed by atoms with Crippen LogP contribution in [0.1, 0.15) is 51.2 Å². The van der Waals surface area contributed by atoms with E-state index in [4.69, 9.17) is 8.37 Å². The number of carbonyl (C=O) groups excluding carboxylic acids is 1. The second-order valence-corrected chi connectivity index (χ2v) is 16.0. The van der Waals surface area contributed by atoms with Crippen LogP contribution in [-0.4, -0.2) is 26.6 Å². The van der Waals surface area contributed by atoms with Crippen LogP contribution in [0, 0.1) is 30.6 Å². The number of hydrogen-bond donors (Lipinski definition) is 0. The third-order valence-corrected chi connectivity index (χ3v) is 14.2. The first-order valence-electron chi connectivity index (χ1n) is 13.6. The third kappa shape index (κ3) is 4.72. The highest BCUT2D eigenvalue weighted by atomic mass is 32.3. The average molecular weight is 567 g/mol. The zero-order valence-corrected chi connectivity index (χ0v) is 25.0. The lowest BCUT2D eigenvalue weighted by Gasteiger charge is -2.41. The first kappa shape index (κ1) is 27.9. The minimum absolute atomic E-state index is 0.0586. The molecule has 39 heavy (non-hydrogen) atoms. The van der Waals surface area contributed by atoms with Crippen LogP contribution in [0.4, 0.5) is 0 Å². The molecule has 3 aromatic carbocycles. The lowest BCUT2D eigenvalue weighted by molar-refractivity contribution is -0.128. The van der Waals surface area contributed by atoms with Crippen LogP contribution in [0.5, 0.6) is 5.75 Å². The Labute approximate surface area is 234 Å². The summed E-state index contributed by atoms with van der Waals surface area (Å²) in [4.78, 5) is 15.6. The number of aryl methyl sites for hydroxylation is 2. The third-order valence-electron chi connectivity index (χ3n) is 8.94. The molecule has 0 N–H and O–H groups in total. The Morgan fingerprint density at radius 2 is 1.31 bits per heavy atom. The molecule has 0 aliphatic heterocycles. The maximum absolute atomic E-state index is 14.3. The summed E-state index contributed by atoms with van der Waals surface area (Å²) in [6, 6.07) is 23.3. The van der Waals surface area contributed by atoms with Crippen molar-refractivity contribution >= 4 is 26.2 Å². The molecule has 7 heteroatoms. The van der Waals surface area contributed by atoms with Crippen molar-refractivity contribution in [3.8, 4) is 5.75 Å². The van der Waals surface area contributed by atoms with Gasteiger partial charge in [0.2, 0.25) is 0 Å². The molecule has 2 fully saturated rings. The number of benzene rings is 3. The van der Waals surface area contributed by atoms with Crippen molar-refractivity contribution in [2.75, 3.05) is 12.4 Å². The van der Waals surface area contributed by atoms with Crippen LogP contribution < -0.4 is 4.74 Å². The largest absolute Gasteiger partial charge is 0.494 e. The predicted molar refractivity (Wildman–Crippen MR) is 156 cm³/mol. The van der Waals surface area contributed by atoms with Gasteiger partial charge in [-0.05, 0) is 104 Å². The van der Waals surface area contributed by atoms with Gasteiger partial charge in [-0.15, -0.1) is 0 Å². The van der Waals surface area contributed by atoms with Gasteiger partial charge in [-0.1, -0.05) is 49.2 Å². The Bertz CT molecular complexity index is 1410. The molecular formula is C32H38O5S2. The molecule has 0 heterocycles. The fourth-order valence-corrected chi connectivity index (χ4v) is 12.5. The van der Waals surface area contributed by atoms with E-state index < -0.39 is 25.8 Å². The van der Waals surface area contributed by atoms with Gasteiger partial charge >= 0.3 is 0 Å². The van der Waals surface area contributed by atoms with E-state index in [1.807, 2.05) is 93.6 Å². The van der Waals surface area contributed by atoms with E-state index in [1.165, 1.54) is 0 Å². The van der Waals surface area contributed by atoms with Gasteiger partial charge in [-0.25, -0.2) is 3.63 Å². The lowest BCUT2D eigenvalue weighted by Crippen LogP contribution is -2.42. The van der Waals surface area contributed by atoms with Crippen LogP contribution in [-0.2, 0) is 18.5 Å². The molecule has 208 valence electrons. The molecule has 3 aromatic rings. The van der Waals surface area contributed by atoms with E-state index >= 15 is 0 Å². The van der Waals surface area contributed by atoms with Gasteiger partial charge in [0.25, 0.3) is 10.1 Å². The van der Waals surface area contributed by atoms with Crippen LogP contribution in [0.3, 0.4) is 0 Å². The number of hydrogen-bond acceptors (Lipinski definition) is 5. The summed E-state index contributed by atoms with van der Waals surface area (Å²) in [5, 5.41) is 0. The number of rotatable bonds is 9. The van der Waals surface area contributed by atoms with Crippen molar-refractivity contribution in [2.45, 2.75) is 68.6 Å². The first-order chi connectivity index (χ1) is 18.4. The lowest BCUT2D eigenvalue weighted by atomic mass is 9.70. The summed E-state index contributed by atoms with van der Waals surface area (Å²) in [5.74, 6) is 0.687. The second kappa shape index (κ2) is 10.1. The van der Waals surface area contributed by atoms with E-state index in [1.54, 1.807) is 0 Å². The summed E-state index contributed by atoms with van der Waals surface area (Å²) in [7, 11) is -6.90. The minimum atomic E-state index is -4.17. The van der Waals surface area contributed by atoms with Gasteiger partial charge in [0, 0.05) is 21.1 Å². The zero-order valence-electron chi connectivity index (χ0n) is 23.4. The van der Waals surface area contributed by atoms with Gasteiger partial charge < -0.3 is 4.74 Å². The summed E-state index contributed by atoms with van der Waals surface area (Å²) < 4.78 is 40.8. The number of ether oxygens (including phenoxy) is 1. The maximum Gasteiger partial charge on any atom is 0.278 e. The molecule has 2 unspecified atom stereocenters. The summed E-state index contributed by atoms with van der Waals surface area (Å²) in [6.45, 7) is 10.6. The van der Waals surface area contributed by atoms with E-state index in [2.05, 4.69) is 13.8 Å². The Morgan fingerprint density at radius 1 is 0.821 bits per heavy atom. The topological polar surface area (TPSA) is 69.7 Å². The van der Waals surface area contributed by atoms with Crippen LogP contribution in [0.2, 0.25) is 0 Å². The molecule has 2 aliphatic rings. The van der Waals surface area contributed by atoms with E-state index in [-0.39, 0.29) is 22.9 Å². The molecule has 5 rings (SSSR count). The predicted octanol–water partition coefficient (Wildman–Crippen LogP) is 7.64. The minimum Gasteiger partial charge on any atom is -0.494 e. The molecule has 0 radical (unpaired) electrons. The molecule has 2 aliphatic carbocycles. The van der Waals surface area contributed by atoms with Crippen molar-refractivity contribution in [3.05, 3.63) is 83.9 Å². The smallest absolute Gasteiger partial charge is 0.278 e. The van der Waals surface area contributed by atoms with Crippen molar-refractivity contribution < 1.29 is 21.6 Å². The van der Waals surface area contributed by atoms with Crippen molar-refractivity contribution in [1.82, 2.24) is 0 Å². The summed E-state index contributed by atoms with van der Waals surface area (Å²) in [5.41, 5.74) is 0.839. The molecule has 5 nitrogen and oxygen atoms in total. The molecule has 2 saturated carbocycles. The Kier molecular flexibility index (Phi) is 7.23. The number of ketones is 1. The van der Waals surface area contributed by atoms with Crippen LogP contribution in [0.15, 0.2) is 87.5 Å². The van der Waals surface area contributed by atoms with Gasteiger partial charge in [0.05, 0.1) is 17.8 Å². The summed E-state index contributed by atoms with van der Waals surface area (Å²) in [6.07, 6.45) is 1.92. The van der Waals surface area contributed by atoms with Gasteiger partial charge in [-0.3, -0.25) is 4.79 Å². The molecule has 2 bridgehead atoms. The number of fused-ring (bicyclic) bond motifs is 2. The zero-order chi connectivity index (χ0) is 28.1. The Hall–Kier alpha value is -2.61. The quantitative estimate of drug-likeness (QED) is 0.266. The first-order valence-corrected chi connectivity index (χ1v) is 16.7. The molecule has 0 spiro atoms. The highest BCUT2D eigenvalue weighted by molar-refractivity contribution is 8.33. The van der Waals surface area contributed by atoms with Gasteiger partial charge in [0.15, 0.2) is 0 Å². The second-order valence-electron chi connectivity index (χ2n) is 11.5. The van der Waals surface area contributed by atoms with Gasteiger partial charge in [0.1, 0.15) is 11.5 Å². The molecular weight excluding hydrogens is 528 g/mol. The highest BCUT2D eigenvalue weighted by Gasteiger charge is 2.65. The Morgan fingerprint density at radius 3 is 1.72 bits per heavy atom. The van der Waals surface area contributed by atoms with E-state index in [0.29, 0.717) is 25.2 Å². The maximum atomic E-state index is 14.3. The van der Waals surface area contributed by atoms with Crippen molar-refractivity contribution in [2.24, 2.45) is 16.7 Å². The number of carbonyl (C=O) groups is 1. The molecule has 2 atom stereocenters. The monoisotopic (exact) mass is 566 g/mol. The standard InChI is InChI=1S/C32H38O5S2/c1-6-36-26-11-17-29(18-12-26)39(27-13-7-23(2)8-14-27,28-15-9-24(3)10-16-28)37-38(34,35)22-32-20-19-25(21-30(32)33)31(32,4)5/h7-18,25H,6,19-22H2,1-5H3. The van der Waals surface area contributed by atoms with E-state index in [9.17, 15) is 13.2 Å². The summed E-state index contributed by atoms with van der Waals surface area (Å²) >= 11 is 0. The highest BCUT2D eigenvalue weighted by Crippen LogP contribution is 2.71. The number of Topliss-reactive ketones (excluding diaryl/α,β-unsaturated/α-hetero) is 1. The normalized spacial score (nSPS) is 22.7.